The Morgan fingerprint density at radius 2 is 2.16 bits per heavy atom. The molecule has 0 aliphatic carbocycles. The Kier molecular flexibility index (Phi) is 5.79. The van der Waals surface area contributed by atoms with Crippen LogP contribution in [0.3, 0.4) is 0 Å². The number of sulfonamides is 1. The second-order valence-corrected chi connectivity index (χ2v) is 9.31. The molecule has 8 nitrogen and oxygen atoms in total. The van der Waals surface area contributed by atoms with Crippen molar-refractivity contribution < 1.29 is 23.8 Å². The van der Waals surface area contributed by atoms with Crippen LogP contribution in [0.15, 0.2) is 52.9 Å². The molecule has 0 unspecified atom stereocenters. The number of hydrogen-bond acceptors (Lipinski definition) is 7. The van der Waals surface area contributed by atoms with Gasteiger partial charge in [-0.25, -0.2) is 17.8 Å². The Labute approximate surface area is 184 Å². The van der Waals surface area contributed by atoms with E-state index in [1.165, 1.54) is 42.8 Å². The number of halogens is 1. The van der Waals surface area contributed by atoms with Crippen LogP contribution in [0.1, 0.15) is 6.99 Å². The molecular formula is C20H21FN4O4S2. The van der Waals surface area contributed by atoms with E-state index in [0.717, 1.165) is 5.56 Å². The van der Waals surface area contributed by atoms with Crippen LogP contribution in [0.2, 0.25) is 0 Å². The fourth-order valence-electron chi connectivity index (χ4n) is 3.30. The predicted molar refractivity (Wildman–Crippen MR) is 119 cm³/mol. The molecule has 1 amide bonds. The monoisotopic (exact) mass is 464 g/mol. The van der Waals surface area contributed by atoms with Gasteiger partial charge in [-0.05, 0) is 42.3 Å². The number of fused-ring (bicyclic) bond motifs is 1. The number of anilines is 3. The molecule has 0 fully saturated rings. The van der Waals surface area contributed by atoms with Gasteiger partial charge in [-0.3, -0.25) is 9.52 Å². The summed E-state index contributed by atoms with van der Waals surface area (Å²) in [6.45, 7) is 0.410. The van der Waals surface area contributed by atoms with Gasteiger partial charge in [0.15, 0.2) is 16.7 Å². The van der Waals surface area contributed by atoms with E-state index < -0.39 is 15.8 Å². The number of carbonyl (C=O) groups excluding carboxylic acids is 1. The Balaban J connectivity index is 0.00000289. The van der Waals surface area contributed by atoms with Gasteiger partial charge in [-0.2, -0.15) is 0 Å². The largest absolute Gasteiger partial charge is 0.494 e. The van der Waals surface area contributed by atoms with Gasteiger partial charge in [-0.1, -0.05) is 0 Å². The van der Waals surface area contributed by atoms with Crippen LogP contribution >= 0.6 is 11.3 Å². The van der Waals surface area contributed by atoms with Crippen molar-refractivity contribution in [1.82, 2.24) is 4.98 Å². The van der Waals surface area contributed by atoms with Gasteiger partial charge in [0.1, 0.15) is 0 Å². The number of nitrogens with one attached hydrogen (secondary N) is 2. The molecule has 4 rings (SSSR count). The third kappa shape index (κ3) is 4.47. The van der Waals surface area contributed by atoms with E-state index in [-0.39, 0.29) is 24.5 Å². The summed E-state index contributed by atoms with van der Waals surface area (Å²) in [5.41, 5.74) is 1.90. The molecule has 0 radical (unpaired) electrons. The number of amides is 1. The average molecular weight is 465 g/mol. The zero-order valence-electron chi connectivity index (χ0n) is 16.5. The number of ether oxygens (including phenoxy) is 1. The van der Waals surface area contributed by atoms with Gasteiger partial charge in [0.25, 0.3) is 10.0 Å². The Morgan fingerprint density at radius 1 is 1.32 bits per heavy atom. The lowest BCUT2D eigenvalue weighted by Crippen LogP contribution is -2.34. The summed E-state index contributed by atoms with van der Waals surface area (Å²) >= 11 is 1.19. The summed E-state index contributed by atoms with van der Waals surface area (Å²) < 4.78 is 46.3. The quantitative estimate of drug-likeness (QED) is 0.556. The summed E-state index contributed by atoms with van der Waals surface area (Å²) in [5.74, 6) is -0.599. The van der Waals surface area contributed by atoms with E-state index in [9.17, 15) is 17.6 Å². The van der Waals surface area contributed by atoms with Gasteiger partial charge < -0.3 is 15.0 Å². The molecule has 0 atom stereocenters. The predicted octanol–water partition coefficient (Wildman–Crippen LogP) is 3.34. The van der Waals surface area contributed by atoms with Crippen molar-refractivity contribution in [3.8, 4) is 5.75 Å². The Hall–Kier alpha value is -3.18. The molecule has 31 heavy (non-hydrogen) atoms. The second-order valence-electron chi connectivity index (χ2n) is 6.73. The zero-order valence-corrected chi connectivity index (χ0v) is 18.1. The minimum atomic E-state index is -3.76. The third-order valence-corrected chi connectivity index (χ3v) is 6.96. The van der Waals surface area contributed by atoms with Crippen LogP contribution in [0, 0.1) is 5.82 Å². The van der Waals surface area contributed by atoms with Gasteiger partial charge in [0, 0.05) is 37.0 Å². The molecule has 1 aromatic heterocycles. The van der Waals surface area contributed by atoms with E-state index in [4.69, 9.17) is 4.74 Å². The minimum absolute atomic E-state index is 0. The topological polar surface area (TPSA) is 101 Å². The van der Waals surface area contributed by atoms with Crippen LogP contribution in [0.5, 0.6) is 5.75 Å². The fraction of sp³-hybridized carbons (Fsp3) is 0.200. The number of aromatic nitrogens is 1. The number of carbonyl (C=O) groups is 1. The standard InChI is InChI=1S/C20H19FN4O4S2.H2/c1-29-18-5-2-14(11-16(18)21)23-12-19(26)25-8-6-13-10-15(3-4-17(13)25)31(27,28)24-20-22-7-9-30-20;/h2-5,7,9-11,23H,6,8,12H2,1H3,(H,22,24);1H. The maximum atomic E-state index is 13.8. The highest BCUT2D eigenvalue weighted by molar-refractivity contribution is 7.93. The molecule has 1 aliphatic rings. The maximum absolute atomic E-state index is 13.8. The van der Waals surface area contributed by atoms with Gasteiger partial charge in [0.05, 0.1) is 18.6 Å². The molecule has 2 heterocycles. The molecule has 164 valence electrons. The minimum Gasteiger partial charge on any atom is -0.494 e. The highest BCUT2D eigenvalue weighted by Crippen LogP contribution is 2.31. The first-order chi connectivity index (χ1) is 14.9. The number of nitrogens with zero attached hydrogens (tertiary/aromatic N) is 2. The molecule has 3 aromatic rings. The summed E-state index contributed by atoms with van der Waals surface area (Å²) in [4.78, 5) is 18.3. The molecule has 11 heteroatoms. The van der Waals surface area contributed by atoms with Crippen LogP contribution < -0.4 is 19.7 Å². The molecule has 2 N–H and O–H groups in total. The second kappa shape index (κ2) is 8.52. The zero-order chi connectivity index (χ0) is 22.0. The third-order valence-electron chi connectivity index (χ3n) is 4.81. The number of hydrogen-bond donors (Lipinski definition) is 2. The molecule has 2 aromatic carbocycles. The molecule has 0 saturated heterocycles. The highest BCUT2D eigenvalue weighted by Gasteiger charge is 2.27. The first-order valence-electron chi connectivity index (χ1n) is 9.30. The van der Waals surface area contributed by atoms with Crippen molar-refractivity contribution in [3.05, 3.63) is 59.4 Å². The van der Waals surface area contributed by atoms with Crippen LogP contribution in [0.25, 0.3) is 0 Å². The number of methoxy groups -OCH3 is 1. The summed E-state index contributed by atoms with van der Waals surface area (Å²) in [6.07, 6.45) is 2.06. The lowest BCUT2D eigenvalue weighted by Gasteiger charge is -2.18. The molecule has 1 aliphatic heterocycles. The molecule has 0 saturated carbocycles. The first kappa shape index (κ1) is 21.1. The van der Waals surface area contributed by atoms with Crippen LogP contribution in [-0.2, 0) is 21.2 Å². The van der Waals surface area contributed by atoms with Crippen molar-refractivity contribution in [2.45, 2.75) is 11.3 Å². The number of rotatable bonds is 7. The van der Waals surface area contributed by atoms with Crippen molar-refractivity contribution in [1.29, 1.82) is 0 Å². The van der Waals surface area contributed by atoms with Crippen LogP contribution in [-0.4, -0.2) is 39.5 Å². The van der Waals surface area contributed by atoms with E-state index in [0.29, 0.717) is 29.5 Å². The van der Waals surface area contributed by atoms with Gasteiger partial charge in [0.2, 0.25) is 5.91 Å². The van der Waals surface area contributed by atoms with E-state index in [1.54, 1.807) is 28.5 Å². The van der Waals surface area contributed by atoms with E-state index in [2.05, 4.69) is 15.0 Å². The molecular weight excluding hydrogens is 443 g/mol. The maximum Gasteiger partial charge on any atom is 0.263 e. The molecule has 0 bridgehead atoms. The Bertz CT molecular complexity index is 1220. The van der Waals surface area contributed by atoms with E-state index in [1.807, 2.05) is 0 Å². The first-order valence-corrected chi connectivity index (χ1v) is 11.7. The van der Waals surface area contributed by atoms with Crippen molar-refractivity contribution in [3.63, 3.8) is 0 Å². The van der Waals surface area contributed by atoms with E-state index >= 15 is 0 Å². The normalized spacial score (nSPS) is 13.0. The summed E-state index contributed by atoms with van der Waals surface area (Å²) in [5, 5.41) is 4.88. The van der Waals surface area contributed by atoms with Crippen molar-refractivity contribution in [2.75, 3.05) is 35.1 Å². The smallest absolute Gasteiger partial charge is 0.263 e. The lowest BCUT2D eigenvalue weighted by molar-refractivity contribution is -0.116. The number of thiazole rings is 1. The van der Waals surface area contributed by atoms with Gasteiger partial charge >= 0.3 is 0 Å². The molecule has 0 spiro atoms. The van der Waals surface area contributed by atoms with Gasteiger partial charge in [-0.15, -0.1) is 11.3 Å². The van der Waals surface area contributed by atoms with Crippen LogP contribution in [0.4, 0.5) is 20.9 Å². The fourth-order valence-corrected chi connectivity index (χ4v) is 5.14. The average Bonchev–Trinajstić information content (AvgIpc) is 3.41. The van der Waals surface area contributed by atoms with Crippen molar-refractivity contribution >= 4 is 43.8 Å². The highest BCUT2D eigenvalue weighted by atomic mass is 32.2. The van der Waals surface area contributed by atoms with Crippen molar-refractivity contribution in [2.24, 2.45) is 0 Å². The summed E-state index contributed by atoms with van der Waals surface area (Å²) in [7, 11) is -2.38. The Morgan fingerprint density at radius 3 is 2.87 bits per heavy atom. The lowest BCUT2D eigenvalue weighted by atomic mass is 10.2. The SMILES string of the molecule is COc1ccc(NCC(=O)N2CCc3cc(S(=O)(=O)Nc4nccs4)ccc32)cc1F.[HH]. The number of benzene rings is 2. The summed E-state index contributed by atoms with van der Waals surface area (Å²) in [6, 6.07) is 9.03.